The quantitative estimate of drug-likeness (QED) is 0.171. The molecule has 0 unspecified atom stereocenters. The molecule has 0 spiro atoms. The van der Waals surface area contributed by atoms with Crippen LogP contribution in [0.15, 0.2) is 94.7 Å². The largest absolute Gasteiger partial charge is 0.495 e. The molecule has 0 atom stereocenters. The fourth-order valence-corrected chi connectivity index (χ4v) is 5.17. The summed E-state index contributed by atoms with van der Waals surface area (Å²) in [7, 11) is 1.61. The maximum Gasteiger partial charge on any atom is 0.291 e. The molecule has 2 heterocycles. The molecular weight excluding hydrogens is 562 g/mol. The summed E-state index contributed by atoms with van der Waals surface area (Å²) < 4.78 is 12.7. The van der Waals surface area contributed by atoms with Gasteiger partial charge in [0, 0.05) is 34.1 Å². The van der Waals surface area contributed by atoms with Gasteiger partial charge in [-0.1, -0.05) is 53.7 Å². The highest BCUT2D eigenvalue weighted by molar-refractivity contribution is 7.99. The molecule has 0 saturated heterocycles. The van der Waals surface area contributed by atoms with Gasteiger partial charge in [-0.05, 0) is 61.0 Å². The molecule has 0 saturated carbocycles. The van der Waals surface area contributed by atoms with Gasteiger partial charge >= 0.3 is 0 Å². The van der Waals surface area contributed by atoms with Crippen LogP contribution in [-0.4, -0.2) is 39.4 Å². The first-order valence-corrected chi connectivity index (χ1v) is 14.0. The zero-order chi connectivity index (χ0) is 28.8. The number of furan rings is 1. The molecule has 2 amide bonds. The summed E-state index contributed by atoms with van der Waals surface area (Å²) in [4.78, 5) is 25.2. The fraction of sp³-hybridized carbons (Fsp3) is 0.133. The maximum atomic E-state index is 12.9. The monoisotopic (exact) mass is 587 g/mol. The van der Waals surface area contributed by atoms with E-state index in [0.29, 0.717) is 38.9 Å². The number of carbonyl (C=O) groups is 2. The lowest BCUT2D eigenvalue weighted by Crippen LogP contribution is -2.15. The molecule has 0 bridgehead atoms. The number of amides is 2. The summed E-state index contributed by atoms with van der Waals surface area (Å²) in [6.45, 7) is 1.88. The Kier molecular flexibility index (Phi) is 8.71. The highest BCUT2D eigenvalue weighted by Gasteiger charge is 2.20. The van der Waals surface area contributed by atoms with E-state index in [1.54, 1.807) is 37.4 Å². The van der Waals surface area contributed by atoms with Gasteiger partial charge in [-0.3, -0.25) is 14.2 Å². The highest BCUT2D eigenvalue weighted by atomic mass is 35.5. The number of aryl methyl sites for hydroxylation is 1. The minimum atomic E-state index is -0.371. The Bertz CT molecular complexity index is 1690. The van der Waals surface area contributed by atoms with Crippen molar-refractivity contribution < 1.29 is 18.7 Å². The van der Waals surface area contributed by atoms with E-state index in [2.05, 4.69) is 20.8 Å². The first kappa shape index (κ1) is 28.0. The van der Waals surface area contributed by atoms with E-state index < -0.39 is 0 Å². The average Bonchev–Trinajstić information content (AvgIpc) is 3.66. The number of ether oxygens (including phenoxy) is 1. The van der Waals surface area contributed by atoms with E-state index >= 15 is 0 Å². The Morgan fingerprint density at radius 1 is 1.00 bits per heavy atom. The van der Waals surface area contributed by atoms with Gasteiger partial charge in [-0.15, -0.1) is 10.2 Å². The van der Waals surface area contributed by atoms with Crippen LogP contribution in [0.2, 0.25) is 5.02 Å². The van der Waals surface area contributed by atoms with Crippen LogP contribution in [0.5, 0.6) is 5.75 Å². The normalized spacial score (nSPS) is 10.8. The standard InChI is InChI=1S/C30H26ClN5O4S/c1-19-12-13-22(32-29(38)26-11-6-15-40-26)18-23(19)33-27(37)14-16-41-30-35-34-28(20-7-5-8-21(31)17-20)36(30)24-9-3-4-10-25(24)39-2/h3-13,15,17-18H,14,16H2,1-2H3,(H,32,38)(H,33,37). The zero-order valence-electron chi connectivity index (χ0n) is 22.3. The molecule has 41 heavy (non-hydrogen) atoms. The number of carbonyl (C=O) groups excluding carboxylic acids is 2. The Morgan fingerprint density at radius 3 is 2.63 bits per heavy atom. The molecule has 2 N–H and O–H groups in total. The lowest BCUT2D eigenvalue weighted by Gasteiger charge is -2.14. The van der Waals surface area contributed by atoms with Crippen molar-refractivity contribution in [2.45, 2.75) is 18.5 Å². The van der Waals surface area contributed by atoms with Crippen molar-refractivity contribution in [3.63, 3.8) is 0 Å². The molecule has 0 fully saturated rings. The van der Waals surface area contributed by atoms with E-state index in [1.165, 1.54) is 18.0 Å². The molecule has 5 aromatic rings. The third kappa shape index (κ3) is 6.62. The van der Waals surface area contributed by atoms with Gasteiger partial charge in [0.2, 0.25) is 5.91 Å². The number of halogens is 1. The van der Waals surface area contributed by atoms with E-state index in [1.807, 2.05) is 60.0 Å². The number of nitrogens with one attached hydrogen (secondary N) is 2. The second-order valence-corrected chi connectivity index (χ2v) is 10.4. The van der Waals surface area contributed by atoms with Gasteiger partial charge in [0.1, 0.15) is 5.75 Å². The first-order valence-electron chi connectivity index (χ1n) is 12.7. The summed E-state index contributed by atoms with van der Waals surface area (Å²) in [6, 6.07) is 23.5. The second kappa shape index (κ2) is 12.8. The summed E-state index contributed by atoms with van der Waals surface area (Å²) in [5.74, 6) is 1.37. The maximum absolute atomic E-state index is 12.9. The average molecular weight is 588 g/mol. The van der Waals surface area contributed by atoms with Crippen LogP contribution in [0.1, 0.15) is 22.5 Å². The molecular formula is C30H26ClN5O4S. The van der Waals surface area contributed by atoms with Crippen molar-refractivity contribution in [3.05, 3.63) is 101 Å². The zero-order valence-corrected chi connectivity index (χ0v) is 23.8. The number of nitrogens with zero attached hydrogens (tertiary/aromatic N) is 3. The smallest absolute Gasteiger partial charge is 0.291 e. The van der Waals surface area contributed by atoms with Gasteiger partial charge in [-0.2, -0.15) is 0 Å². The number of hydrogen-bond donors (Lipinski definition) is 2. The number of hydrogen-bond acceptors (Lipinski definition) is 7. The molecule has 0 aliphatic heterocycles. The molecule has 0 aliphatic carbocycles. The number of benzene rings is 3. The van der Waals surface area contributed by atoms with Gasteiger partial charge in [-0.25, -0.2) is 0 Å². The van der Waals surface area contributed by atoms with Crippen LogP contribution in [0.25, 0.3) is 17.1 Å². The van der Waals surface area contributed by atoms with Gasteiger partial charge in [0.25, 0.3) is 5.91 Å². The topological polar surface area (TPSA) is 111 Å². The van der Waals surface area contributed by atoms with E-state index in [0.717, 1.165) is 16.8 Å². The summed E-state index contributed by atoms with van der Waals surface area (Å²) in [5, 5.41) is 15.8. The van der Waals surface area contributed by atoms with Crippen molar-refractivity contribution >= 4 is 46.6 Å². The number of rotatable bonds is 10. The van der Waals surface area contributed by atoms with E-state index in [9.17, 15) is 9.59 Å². The third-order valence-electron chi connectivity index (χ3n) is 6.12. The predicted octanol–water partition coefficient (Wildman–Crippen LogP) is 6.87. The predicted molar refractivity (Wildman–Crippen MR) is 160 cm³/mol. The Labute approximate surface area is 245 Å². The number of methoxy groups -OCH3 is 1. The van der Waals surface area contributed by atoms with Crippen molar-refractivity contribution in [1.82, 2.24) is 14.8 Å². The minimum absolute atomic E-state index is 0.173. The van der Waals surface area contributed by atoms with Crippen LogP contribution in [0.3, 0.4) is 0 Å². The fourth-order valence-electron chi connectivity index (χ4n) is 4.09. The van der Waals surface area contributed by atoms with Crippen LogP contribution in [0, 0.1) is 6.92 Å². The molecule has 5 rings (SSSR count). The summed E-state index contributed by atoms with van der Waals surface area (Å²) in [6.07, 6.45) is 1.66. The molecule has 9 nitrogen and oxygen atoms in total. The molecule has 0 aliphatic rings. The number of para-hydroxylation sites is 2. The second-order valence-electron chi connectivity index (χ2n) is 8.93. The van der Waals surface area contributed by atoms with Crippen molar-refractivity contribution in [3.8, 4) is 22.8 Å². The number of thioether (sulfide) groups is 1. The number of aromatic nitrogens is 3. The molecule has 0 radical (unpaired) electrons. The Morgan fingerprint density at radius 2 is 1.85 bits per heavy atom. The molecule has 3 aromatic carbocycles. The van der Waals surface area contributed by atoms with Crippen LogP contribution in [-0.2, 0) is 4.79 Å². The lowest BCUT2D eigenvalue weighted by atomic mass is 10.1. The van der Waals surface area contributed by atoms with E-state index in [4.69, 9.17) is 20.8 Å². The van der Waals surface area contributed by atoms with Gasteiger partial charge in [0.15, 0.2) is 16.7 Å². The minimum Gasteiger partial charge on any atom is -0.495 e. The van der Waals surface area contributed by atoms with E-state index in [-0.39, 0.29) is 24.0 Å². The van der Waals surface area contributed by atoms with Crippen molar-refractivity contribution in [2.75, 3.05) is 23.5 Å². The number of anilines is 2. The van der Waals surface area contributed by atoms with Gasteiger partial charge in [0.05, 0.1) is 19.1 Å². The lowest BCUT2D eigenvalue weighted by molar-refractivity contribution is -0.115. The summed E-state index contributed by atoms with van der Waals surface area (Å²) >= 11 is 7.66. The first-order chi connectivity index (χ1) is 19.9. The molecule has 11 heteroatoms. The van der Waals surface area contributed by atoms with Crippen LogP contribution < -0.4 is 15.4 Å². The molecule has 2 aromatic heterocycles. The van der Waals surface area contributed by atoms with Crippen LogP contribution in [0.4, 0.5) is 11.4 Å². The van der Waals surface area contributed by atoms with Crippen LogP contribution >= 0.6 is 23.4 Å². The Balaban J connectivity index is 1.29. The Hall–Kier alpha value is -4.54. The highest BCUT2D eigenvalue weighted by Crippen LogP contribution is 2.33. The van der Waals surface area contributed by atoms with Gasteiger partial charge < -0.3 is 19.8 Å². The summed E-state index contributed by atoms with van der Waals surface area (Å²) in [5.41, 5.74) is 3.59. The molecule has 208 valence electrons. The van der Waals surface area contributed by atoms with Crippen molar-refractivity contribution in [2.24, 2.45) is 0 Å². The van der Waals surface area contributed by atoms with Crippen molar-refractivity contribution in [1.29, 1.82) is 0 Å². The SMILES string of the molecule is COc1ccccc1-n1c(SCCC(=O)Nc2cc(NC(=O)c3ccco3)ccc2C)nnc1-c1cccc(Cl)c1. The third-order valence-corrected chi connectivity index (χ3v) is 7.28.